The molecule has 0 spiro atoms. The third kappa shape index (κ3) is 2.97. The summed E-state index contributed by atoms with van der Waals surface area (Å²) in [6, 6.07) is 10.5. The molecule has 0 bridgehead atoms. The van der Waals surface area contributed by atoms with E-state index in [0.29, 0.717) is 11.9 Å². The first-order chi connectivity index (χ1) is 10.6. The van der Waals surface area contributed by atoms with Crippen molar-refractivity contribution in [1.29, 1.82) is 0 Å². The van der Waals surface area contributed by atoms with Crippen LogP contribution in [-0.4, -0.2) is 25.3 Å². The maximum Gasteiger partial charge on any atom is 0.242 e. The van der Waals surface area contributed by atoms with E-state index in [1.165, 1.54) is 18.2 Å². The van der Waals surface area contributed by atoms with E-state index in [2.05, 4.69) is 19.7 Å². The fraction of sp³-hybridized carbons (Fsp3) is 0.143. The molecule has 22 heavy (non-hydrogen) atoms. The van der Waals surface area contributed by atoms with Crippen molar-refractivity contribution in [3.8, 4) is 0 Å². The first-order valence-electron chi connectivity index (χ1n) is 6.52. The molecule has 2 aromatic carbocycles. The van der Waals surface area contributed by atoms with Crippen LogP contribution in [-0.2, 0) is 16.4 Å². The number of benzene rings is 2. The number of halogens is 1. The highest BCUT2D eigenvalue weighted by Gasteiger charge is 2.19. The molecule has 3 aromatic rings. The Hall–Kier alpha value is -2.32. The normalized spacial score (nSPS) is 11.9. The van der Waals surface area contributed by atoms with Gasteiger partial charge in [0.1, 0.15) is 16.2 Å². The van der Waals surface area contributed by atoms with Gasteiger partial charge in [0.2, 0.25) is 10.0 Å². The summed E-state index contributed by atoms with van der Waals surface area (Å²) in [7, 11) is -3.72. The van der Waals surface area contributed by atoms with E-state index in [-0.39, 0.29) is 22.8 Å². The van der Waals surface area contributed by atoms with E-state index >= 15 is 0 Å². The van der Waals surface area contributed by atoms with Gasteiger partial charge in [-0.2, -0.15) is 0 Å². The van der Waals surface area contributed by atoms with Gasteiger partial charge in [-0.05, 0) is 46.6 Å². The lowest BCUT2D eigenvalue weighted by molar-refractivity contribution is 0.315. The third-order valence-electron chi connectivity index (χ3n) is 3.16. The minimum Gasteiger partial charge on any atom is -0.243 e. The van der Waals surface area contributed by atoms with Crippen molar-refractivity contribution in [3.63, 3.8) is 0 Å². The standard InChI is InChI=1S/C14H12FN3O3S/c15-11-6-4-10(5-7-11)8-9-16-22(19,20)13-3-1-2-12-14(13)18-21-17-12/h1-7,16H,8-9H2. The number of nitrogens with zero attached hydrogens (tertiary/aromatic N) is 2. The maximum atomic E-state index is 12.8. The van der Waals surface area contributed by atoms with Crippen LogP contribution in [0.5, 0.6) is 0 Å². The molecule has 3 rings (SSSR count). The van der Waals surface area contributed by atoms with Gasteiger partial charge in [-0.25, -0.2) is 22.2 Å². The lowest BCUT2D eigenvalue weighted by Gasteiger charge is -2.07. The van der Waals surface area contributed by atoms with Crippen molar-refractivity contribution in [2.75, 3.05) is 6.54 Å². The van der Waals surface area contributed by atoms with Gasteiger partial charge in [0.25, 0.3) is 0 Å². The summed E-state index contributed by atoms with van der Waals surface area (Å²) in [6.07, 6.45) is 0.451. The van der Waals surface area contributed by atoms with Crippen LogP contribution in [0.3, 0.4) is 0 Å². The van der Waals surface area contributed by atoms with Crippen LogP contribution in [0, 0.1) is 5.82 Å². The van der Waals surface area contributed by atoms with Crippen LogP contribution in [0.15, 0.2) is 52.0 Å². The van der Waals surface area contributed by atoms with E-state index < -0.39 is 10.0 Å². The lowest BCUT2D eigenvalue weighted by atomic mass is 10.1. The van der Waals surface area contributed by atoms with Gasteiger partial charge >= 0.3 is 0 Å². The highest BCUT2D eigenvalue weighted by Crippen LogP contribution is 2.19. The van der Waals surface area contributed by atoms with Gasteiger partial charge < -0.3 is 0 Å². The molecule has 6 nitrogen and oxygen atoms in total. The summed E-state index contributed by atoms with van der Waals surface area (Å²) in [5.74, 6) is -0.324. The van der Waals surface area contributed by atoms with Gasteiger partial charge in [-0.15, -0.1) is 0 Å². The van der Waals surface area contributed by atoms with Gasteiger partial charge in [0, 0.05) is 6.54 Å². The molecule has 0 atom stereocenters. The Kier molecular flexibility index (Phi) is 3.86. The molecule has 0 saturated carbocycles. The fourth-order valence-corrected chi connectivity index (χ4v) is 3.24. The minimum absolute atomic E-state index is 0.0188. The Labute approximate surface area is 126 Å². The highest BCUT2D eigenvalue weighted by atomic mass is 32.2. The van der Waals surface area contributed by atoms with Crippen molar-refractivity contribution < 1.29 is 17.4 Å². The quantitative estimate of drug-likeness (QED) is 0.775. The van der Waals surface area contributed by atoms with Crippen molar-refractivity contribution in [2.45, 2.75) is 11.3 Å². The smallest absolute Gasteiger partial charge is 0.242 e. The van der Waals surface area contributed by atoms with Gasteiger partial charge in [-0.3, -0.25) is 0 Å². The van der Waals surface area contributed by atoms with Crippen molar-refractivity contribution >= 4 is 21.1 Å². The molecule has 0 aliphatic rings. The molecule has 114 valence electrons. The lowest BCUT2D eigenvalue weighted by Crippen LogP contribution is -2.26. The SMILES string of the molecule is O=S(=O)(NCCc1ccc(F)cc1)c1cccc2nonc12. The van der Waals surface area contributed by atoms with E-state index in [1.54, 1.807) is 24.3 Å². The van der Waals surface area contributed by atoms with E-state index in [1.807, 2.05) is 0 Å². The molecule has 1 aromatic heterocycles. The van der Waals surface area contributed by atoms with Crippen LogP contribution in [0.2, 0.25) is 0 Å². The van der Waals surface area contributed by atoms with E-state index in [4.69, 9.17) is 0 Å². The molecule has 0 amide bonds. The maximum absolute atomic E-state index is 12.8. The molecule has 0 fully saturated rings. The zero-order valence-electron chi connectivity index (χ0n) is 11.4. The topological polar surface area (TPSA) is 85.1 Å². The Balaban J connectivity index is 1.74. The Morgan fingerprint density at radius 1 is 1.09 bits per heavy atom. The summed E-state index contributed by atoms with van der Waals surface area (Å²) in [5, 5.41) is 7.23. The molecular weight excluding hydrogens is 309 g/mol. The number of nitrogens with one attached hydrogen (secondary N) is 1. The zero-order valence-corrected chi connectivity index (χ0v) is 12.2. The monoisotopic (exact) mass is 321 g/mol. The molecule has 0 radical (unpaired) electrons. The molecule has 1 N–H and O–H groups in total. The average molecular weight is 321 g/mol. The summed E-state index contributed by atoms with van der Waals surface area (Å²) in [5.41, 5.74) is 1.41. The second-order valence-electron chi connectivity index (χ2n) is 4.66. The van der Waals surface area contributed by atoms with E-state index in [0.717, 1.165) is 5.56 Å². The molecule has 0 saturated heterocycles. The van der Waals surface area contributed by atoms with Crippen LogP contribution in [0.4, 0.5) is 4.39 Å². The second-order valence-corrected chi connectivity index (χ2v) is 6.40. The Bertz CT molecular complexity index is 891. The number of aromatic nitrogens is 2. The molecule has 1 heterocycles. The first-order valence-corrected chi connectivity index (χ1v) is 8.00. The molecular formula is C14H12FN3O3S. The number of hydrogen-bond acceptors (Lipinski definition) is 5. The minimum atomic E-state index is -3.72. The molecule has 8 heteroatoms. The zero-order chi connectivity index (χ0) is 15.6. The number of sulfonamides is 1. The third-order valence-corrected chi connectivity index (χ3v) is 4.65. The predicted octanol–water partition coefficient (Wildman–Crippen LogP) is 1.88. The van der Waals surface area contributed by atoms with Crippen LogP contribution in [0.1, 0.15) is 5.56 Å². The molecule has 0 unspecified atom stereocenters. The van der Waals surface area contributed by atoms with E-state index in [9.17, 15) is 12.8 Å². The Morgan fingerprint density at radius 3 is 2.64 bits per heavy atom. The fourth-order valence-electron chi connectivity index (χ4n) is 2.06. The van der Waals surface area contributed by atoms with Gasteiger partial charge in [0.15, 0.2) is 5.52 Å². The van der Waals surface area contributed by atoms with Crippen LogP contribution in [0.25, 0.3) is 11.0 Å². The second kappa shape index (κ2) is 5.82. The average Bonchev–Trinajstić information content (AvgIpc) is 2.97. The first kappa shape index (κ1) is 14.6. The Morgan fingerprint density at radius 2 is 1.86 bits per heavy atom. The van der Waals surface area contributed by atoms with Gasteiger partial charge in [-0.1, -0.05) is 18.2 Å². The van der Waals surface area contributed by atoms with Crippen LogP contribution < -0.4 is 4.72 Å². The summed E-state index contributed by atoms with van der Waals surface area (Å²) >= 11 is 0. The van der Waals surface area contributed by atoms with Crippen molar-refractivity contribution in [1.82, 2.24) is 15.0 Å². The number of fused-ring (bicyclic) bond motifs is 1. The number of hydrogen-bond donors (Lipinski definition) is 1. The highest BCUT2D eigenvalue weighted by molar-refractivity contribution is 7.89. The summed E-state index contributed by atoms with van der Waals surface area (Å²) in [6.45, 7) is 0.190. The van der Waals surface area contributed by atoms with Gasteiger partial charge in [0.05, 0.1) is 0 Å². The van der Waals surface area contributed by atoms with Crippen LogP contribution >= 0.6 is 0 Å². The van der Waals surface area contributed by atoms with Crippen molar-refractivity contribution in [3.05, 3.63) is 53.8 Å². The number of rotatable bonds is 5. The molecule has 0 aliphatic heterocycles. The summed E-state index contributed by atoms with van der Waals surface area (Å²) < 4.78 is 44.5. The predicted molar refractivity (Wildman–Crippen MR) is 77.1 cm³/mol. The molecule has 0 aliphatic carbocycles. The van der Waals surface area contributed by atoms with Crippen molar-refractivity contribution in [2.24, 2.45) is 0 Å². The largest absolute Gasteiger partial charge is 0.243 e. The summed E-state index contributed by atoms with van der Waals surface area (Å²) in [4.78, 5) is 0.0188.